The lowest BCUT2D eigenvalue weighted by atomic mass is 9.75. The van der Waals surface area contributed by atoms with E-state index in [-0.39, 0.29) is 11.4 Å². The third-order valence-corrected chi connectivity index (χ3v) is 8.51. The van der Waals surface area contributed by atoms with E-state index < -0.39 is 34.5 Å². The molecule has 1 amide bonds. The Balaban J connectivity index is 1.33. The quantitative estimate of drug-likeness (QED) is 0.320. The summed E-state index contributed by atoms with van der Waals surface area (Å²) in [7, 11) is 1.86. The number of amides is 1. The number of carbonyl (C=O) groups excluding carboxylic acids is 1. The molecule has 1 aromatic carbocycles. The number of benzene rings is 1. The molecule has 0 spiro atoms. The number of pyridine rings is 1. The van der Waals surface area contributed by atoms with Crippen LogP contribution in [0, 0.1) is 0 Å². The number of imidazole rings is 1. The second-order valence-electron chi connectivity index (χ2n) is 12.8. The van der Waals surface area contributed by atoms with E-state index in [1.165, 1.54) is 17.0 Å². The molecule has 3 aromatic heterocycles. The van der Waals surface area contributed by atoms with Gasteiger partial charge in [-0.1, -0.05) is 12.1 Å². The number of piperidine rings is 1. The van der Waals surface area contributed by atoms with Crippen molar-refractivity contribution < 1.29 is 27.4 Å². The van der Waals surface area contributed by atoms with Crippen LogP contribution in [0.4, 0.5) is 18.0 Å². The van der Waals surface area contributed by atoms with Crippen molar-refractivity contribution in [3.05, 3.63) is 82.1 Å². The summed E-state index contributed by atoms with van der Waals surface area (Å²) < 4.78 is 58.4. The van der Waals surface area contributed by atoms with Crippen LogP contribution in [0.5, 0.6) is 0 Å². The van der Waals surface area contributed by atoms with Gasteiger partial charge < -0.3 is 18.9 Å². The largest absolute Gasteiger partial charge is 0.444 e. The van der Waals surface area contributed by atoms with Crippen LogP contribution >= 0.6 is 0 Å². The maximum Gasteiger partial charge on any atom is 0.418 e. The van der Waals surface area contributed by atoms with Crippen molar-refractivity contribution in [1.29, 1.82) is 0 Å². The molecule has 5 heterocycles. The van der Waals surface area contributed by atoms with Gasteiger partial charge in [-0.3, -0.25) is 8.97 Å². The van der Waals surface area contributed by atoms with Crippen LogP contribution in [0.15, 0.2) is 53.8 Å². The van der Waals surface area contributed by atoms with Crippen LogP contribution < -0.4 is 5.69 Å². The molecule has 0 N–H and O–H groups in total. The molecule has 2 aliphatic heterocycles. The molecule has 0 aliphatic carbocycles. The number of fused-ring (bicyclic) bond motifs is 1. The number of hydrogen-bond donors (Lipinski definition) is 0. The first-order valence-electron chi connectivity index (χ1n) is 14.6. The molecule has 10 nitrogen and oxygen atoms in total. The fraction of sp³-hybridized carbons (Fsp3) is 0.484. The second kappa shape index (κ2) is 10.8. The standard InChI is InChI=1S/C31H35F3N6O4/c1-29(2,3)44-28(42)38-10-8-20(9-11-38)21-12-24(31(32,33)34)25-16-39(27(41)40(25)15-21)23-7-5-6-22(13-23)30(17-43-18-30)14-26-36-35-19-37(26)4/h5-7,12-13,15-16,19-20H,8-11,14,17-18H2,1-4H3. The predicted octanol–water partition coefficient (Wildman–Crippen LogP) is 4.86. The summed E-state index contributed by atoms with van der Waals surface area (Å²) in [6, 6.07) is 8.42. The highest BCUT2D eigenvalue weighted by atomic mass is 19.4. The number of nitrogens with zero attached hydrogens (tertiary/aromatic N) is 6. The SMILES string of the molecule is Cn1cnnc1CC1(c2cccc(-n3cc4c(C(F)(F)F)cc(C5CCN(C(=O)OC(C)(C)C)CC5)cn4c3=O)c2)COC1. The van der Waals surface area contributed by atoms with Crippen molar-refractivity contribution in [1.82, 2.24) is 28.6 Å². The van der Waals surface area contributed by atoms with Crippen molar-refractivity contribution in [2.24, 2.45) is 7.05 Å². The van der Waals surface area contributed by atoms with E-state index in [9.17, 15) is 22.8 Å². The highest BCUT2D eigenvalue weighted by Gasteiger charge is 2.42. The first-order valence-corrected chi connectivity index (χ1v) is 14.6. The summed E-state index contributed by atoms with van der Waals surface area (Å²) in [6.45, 7) is 6.94. The molecule has 0 unspecified atom stereocenters. The number of alkyl halides is 3. The van der Waals surface area contributed by atoms with Crippen LogP contribution in [-0.2, 0) is 34.5 Å². The third-order valence-electron chi connectivity index (χ3n) is 8.51. The lowest BCUT2D eigenvalue weighted by molar-refractivity contribution is -0.136. The van der Waals surface area contributed by atoms with Gasteiger partial charge in [-0.05, 0) is 68.9 Å². The minimum atomic E-state index is -4.68. The van der Waals surface area contributed by atoms with E-state index in [0.29, 0.717) is 56.8 Å². The minimum absolute atomic E-state index is 0.219. The zero-order chi connectivity index (χ0) is 31.4. The Morgan fingerprint density at radius 2 is 1.84 bits per heavy atom. The number of hydrogen-bond acceptors (Lipinski definition) is 6. The fourth-order valence-electron chi connectivity index (χ4n) is 6.04. The van der Waals surface area contributed by atoms with Gasteiger partial charge in [0.15, 0.2) is 0 Å². The first kappa shape index (κ1) is 29.9. The first-order chi connectivity index (χ1) is 20.7. The normalized spacial score (nSPS) is 17.6. The van der Waals surface area contributed by atoms with Gasteiger partial charge in [-0.15, -0.1) is 10.2 Å². The lowest BCUT2D eigenvalue weighted by Crippen LogP contribution is -2.49. The monoisotopic (exact) mass is 612 g/mol. The molecular weight excluding hydrogens is 577 g/mol. The molecule has 0 atom stereocenters. The summed E-state index contributed by atoms with van der Waals surface area (Å²) in [5.41, 5.74) is -0.943. The zero-order valence-electron chi connectivity index (χ0n) is 25.1. The van der Waals surface area contributed by atoms with Crippen molar-refractivity contribution in [2.45, 2.75) is 63.1 Å². The Kier molecular flexibility index (Phi) is 7.34. The van der Waals surface area contributed by atoms with E-state index in [4.69, 9.17) is 9.47 Å². The molecule has 2 aliphatic rings. The van der Waals surface area contributed by atoms with Gasteiger partial charge in [0.25, 0.3) is 0 Å². The highest BCUT2D eigenvalue weighted by molar-refractivity contribution is 5.68. The number of likely N-dealkylation sites (tertiary alicyclic amines) is 1. The molecule has 0 saturated carbocycles. The van der Waals surface area contributed by atoms with Gasteiger partial charge in [0.05, 0.1) is 30.0 Å². The van der Waals surface area contributed by atoms with Crippen LogP contribution in [0.1, 0.15) is 62.0 Å². The van der Waals surface area contributed by atoms with Crippen molar-refractivity contribution in [2.75, 3.05) is 26.3 Å². The molecule has 0 bridgehead atoms. The van der Waals surface area contributed by atoms with Gasteiger partial charge in [0.2, 0.25) is 0 Å². The average Bonchev–Trinajstić information content (AvgIpc) is 3.50. The summed E-state index contributed by atoms with van der Waals surface area (Å²) in [4.78, 5) is 27.8. The highest BCUT2D eigenvalue weighted by Crippen LogP contribution is 2.38. The van der Waals surface area contributed by atoms with Gasteiger partial charge in [0, 0.05) is 44.4 Å². The van der Waals surface area contributed by atoms with Crippen LogP contribution in [0.25, 0.3) is 11.2 Å². The fourth-order valence-corrected chi connectivity index (χ4v) is 6.04. The molecule has 234 valence electrons. The van der Waals surface area contributed by atoms with E-state index >= 15 is 0 Å². The van der Waals surface area contributed by atoms with Gasteiger partial charge in [-0.2, -0.15) is 13.2 Å². The van der Waals surface area contributed by atoms with Crippen molar-refractivity contribution in [3.8, 4) is 5.69 Å². The van der Waals surface area contributed by atoms with Crippen molar-refractivity contribution in [3.63, 3.8) is 0 Å². The summed E-state index contributed by atoms with van der Waals surface area (Å²) in [6.07, 6.45) is 0.746. The Morgan fingerprint density at radius 3 is 2.43 bits per heavy atom. The number of rotatable bonds is 5. The maximum atomic E-state index is 14.4. The van der Waals surface area contributed by atoms with Crippen LogP contribution in [0.2, 0.25) is 0 Å². The molecule has 2 saturated heterocycles. The Labute approximate surface area is 252 Å². The Morgan fingerprint density at radius 1 is 1.11 bits per heavy atom. The zero-order valence-corrected chi connectivity index (χ0v) is 25.1. The van der Waals surface area contributed by atoms with E-state index in [2.05, 4.69) is 10.2 Å². The number of halogens is 3. The topological polar surface area (TPSA) is 95.9 Å². The summed E-state index contributed by atoms with van der Waals surface area (Å²) in [5.74, 6) is 0.529. The van der Waals surface area contributed by atoms with Gasteiger partial charge in [0.1, 0.15) is 17.8 Å². The number of ether oxygens (including phenoxy) is 2. The van der Waals surface area contributed by atoms with E-state index in [0.717, 1.165) is 21.9 Å². The smallest absolute Gasteiger partial charge is 0.418 e. The third kappa shape index (κ3) is 5.60. The molecule has 2 fully saturated rings. The predicted molar refractivity (Wildman–Crippen MR) is 155 cm³/mol. The molecule has 13 heteroatoms. The van der Waals surface area contributed by atoms with Crippen LogP contribution in [-0.4, -0.2) is 66.6 Å². The molecule has 44 heavy (non-hydrogen) atoms. The molecule has 0 radical (unpaired) electrons. The summed E-state index contributed by atoms with van der Waals surface area (Å²) in [5, 5.41) is 8.17. The molecule has 4 aromatic rings. The lowest BCUT2D eigenvalue weighted by Gasteiger charge is -2.41. The van der Waals surface area contributed by atoms with Crippen molar-refractivity contribution >= 4 is 11.6 Å². The number of aromatic nitrogens is 5. The van der Waals surface area contributed by atoms with E-state index in [1.807, 2.05) is 23.7 Å². The number of aryl methyl sites for hydroxylation is 1. The van der Waals surface area contributed by atoms with Gasteiger partial charge in [-0.25, -0.2) is 9.59 Å². The Hall–Kier alpha value is -4.13. The Bertz CT molecular complexity index is 1750. The van der Waals surface area contributed by atoms with Gasteiger partial charge >= 0.3 is 18.0 Å². The minimum Gasteiger partial charge on any atom is -0.444 e. The number of carbonyl (C=O) groups is 1. The second-order valence-corrected chi connectivity index (χ2v) is 12.8. The molecule has 6 rings (SSSR count). The average molecular weight is 613 g/mol. The summed E-state index contributed by atoms with van der Waals surface area (Å²) >= 11 is 0. The van der Waals surface area contributed by atoms with Crippen LogP contribution in [0.3, 0.4) is 0 Å². The van der Waals surface area contributed by atoms with E-state index in [1.54, 1.807) is 44.1 Å². The molecular formula is C31H35F3N6O4. The maximum absolute atomic E-state index is 14.4.